The van der Waals surface area contributed by atoms with Crippen molar-refractivity contribution in [2.45, 2.75) is 20.3 Å². The maximum atomic E-state index is 13.0. The summed E-state index contributed by atoms with van der Waals surface area (Å²) in [6.07, 6.45) is 0.0333. The van der Waals surface area contributed by atoms with E-state index in [0.717, 1.165) is 21.7 Å². The molecule has 1 atom stereocenters. The lowest BCUT2D eigenvalue weighted by atomic mass is 10.1. The number of fused-ring (bicyclic) bond motifs is 1. The van der Waals surface area contributed by atoms with Crippen molar-refractivity contribution in [3.8, 4) is 5.75 Å². The van der Waals surface area contributed by atoms with Gasteiger partial charge in [0.15, 0.2) is 0 Å². The fraction of sp³-hybridized carbons (Fsp3) is 0.185. The molecule has 0 saturated carbocycles. The van der Waals surface area contributed by atoms with E-state index in [1.165, 1.54) is 24.3 Å². The van der Waals surface area contributed by atoms with Crippen LogP contribution in [-0.2, 0) is 9.59 Å². The van der Waals surface area contributed by atoms with Crippen molar-refractivity contribution >= 4 is 81.5 Å². The van der Waals surface area contributed by atoms with Gasteiger partial charge >= 0.3 is 5.97 Å². The first-order valence-corrected chi connectivity index (χ1v) is 12.9. The molecule has 5 rings (SSSR count). The molecule has 0 N–H and O–H groups in total. The third-order valence-electron chi connectivity index (χ3n) is 6.39. The lowest BCUT2D eigenvalue weighted by Gasteiger charge is -2.18. The number of carbonyl (C=O) groups excluding carboxylic acids is 4. The van der Waals surface area contributed by atoms with Crippen LogP contribution in [0.3, 0.4) is 0 Å². The molecule has 0 radical (unpaired) electrons. The SMILES string of the molecule is Cc1cc(C)cc(N2C[C@H](C(=O)Oc3ccc(N4C(=O)c5c(Cl)c(Cl)c(Cl)c(Cl)c5C4=O)cc3)CC2=O)c1. The number of aryl methyl sites for hydroxylation is 2. The topological polar surface area (TPSA) is 84.0 Å². The van der Waals surface area contributed by atoms with Crippen molar-refractivity contribution in [1.29, 1.82) is 0 Å². The molecule has 7 nitrogen and oxygen atoms in total. The smallest absolute Gasteiger partial charge is 0.316 e. The van der Waals surface area contributed by atoms with E-state index < -0.39 is 23.7 Å². The van der Waals surface area contributed by atoms with Crippen LogP contribution in [0.1, 0.15) is 38.3 Å². The molecule has 1 saturated heterocycles. The second-order valence-electron chi connectivity index (χ2n) is 9.12. The second kappa shape index (κ2) is 9.89. The standard InChI is InChI=1S/C27H18Cl4N2O5/c1-12-7-13(2)9-16(8-12)32-11-14(10-18(32)34)27(37)38-17-5-3-15(4-6-17)33-25(35)19-20(26(33)36)22(29)24(31)23(30)21(19)28/h3-9,14H,10-11H2,1-2H3/t14-/m1/s1. The summed E-state index contributed by atoms with van der Waals surface area (Å²) in [5.41, 5.74) is 2.72. The van der Waals surface area contributed by atoms with E-state index in [2.05, 4.69) is 0 Å². The molecule has 3 amide bonds. The molecular formula is C27H18Cl4N2O5. The number of rotatable bonds is 4. The first-order valence-electron chi connectivity index (χ1n) is 11.4. The number of esters is 1. The summed E-state index contributed by atoms with van der Waals surface area (Å²) in [4.78, 5) is 54.0. The number of benzene rings is 3. The van der Waals surface area contributed by atoms with Crippen LogP contribution in [0, 0.1) is 19.8 Å². The van der Waals surface area contributed by atoms with Gasteiger partial charge in [-0.1, -0.05) is 52.5 Å². The van der Waals surface area contributed by atoms with E-state index in [0.29, 0.717) is 0 Å². The van der Waals surface area contributed by atoms with Gasteiger partial charge in [-0.2, -0.15) is 0 Å². The number of ether oxygens (including phenoxy) is 1. The Labute approximate surface area is 237 Å². The monoisotopic (exact) mass is 590 g/mol. The Balaban J connectivity index is 1.31. The highest BCUT2D eigenvalue weighted by Gasteiger charge is 2.42. The average Bonchev–Trinajstić information content (AvgIpc) is 3.38. The predicted octanol–water partition coefficient (Wildman–Crippen LogP) is 6.68. The largest absolute Gasteiger partial charge is 0.426 e. The van der Waals surface area contributed by atoms with Crippen molar-refractivity contribution in [2.75, 3.05) is 16.3 Å². The van der Waals surface area contributed by atoms with Crippen LogP contribution in [-0.4, -0.2) is 30.2 Å². The molecule has 0 unspecified atom stereocenters. The Morgan fingerprint density at radius 3 is 1.84 bits per heavy atom. The minimum Gasteiger partial charge on any atom is -0.426 e. The van der Waals surface area contributed by atoms with Gasteiger partial charge < -0.3 is 9.64 Å². The van der Waals surface area contributed by atoms with Gasteiger partial charge in [-0.15, -0.1) is 0 Å². The van der Waals surface area contributed by atoms with Crippen molar-refractivity contribution in [2.24, 2.45) is 5.92 Å². The van der Waals surface area contributed by atoms with E-state index in [-0.39, 0.29) is 61.5 Å². The van der Waals surface area contributed by atoms with Crippen molar-refractivity contribution in [3.63, 3.8) is 0 Å². The maximum Gasteiger partial charge on any atom is 0.316 e. The van der Waals surface area contributed by atoms with Gasteiger partial charge in [-0.05, 0) is 61.4 Å². The fourth-order valence-electron chi connectivity index (χ4n) is 4.67. The van der Waals surface area contributed by atoms with Crippen LogP contribution in [0.2, 0.25) is 20.1 Å². The van der Waals surface area contributed by atoms with Crippen LogP contribution < -0.4 is 14.5 Å². The Hall–Kier alpha value is -3.10. The molecule has 0 aromatic heterocycles. The van der Waals surface area contributed by atoms with Crippen LogP contribution in [0.15, 0.2) is 42.5 Å². The Morgan fingerprint density at radius 1 is 0.789 bits per heavy atom. The highest BCUT2D eigenvalue weighted by molar-refractivity contribution is 6.56. The van der Waals surface area contributed by atoms with Gasteiger partial charge in [-0.25, -0.2) is 4.90 Å². The third kappa shape index (κ3) is 4.43. The predicted molar refractivity (Wildman–Crippen MR) is 146 cm³/mol. The van der Waals surface area contributed by atoms with Gasteiger partial charge in [0.05, 0.1) is 42.8 Å². The molecule has 0 spiro atoms. The number of halogens is 4. The van der Waals surface area contributed by atoms with E-state index in [1.54, 1.807) is 4.90 Å². The minimum absolute atomic E-state index is 0.0333. The van der Waals surface area contributed by atoms with Crippen LogP contribution in [0.4, 0.5) is 11.4 Å². The quantitative estimate of drug-likeness (QED) is 0.111. The molecule has 1 fully saturated rings. The third-order valence-corrected chi connectivity index (χ3v) is 8.19. The lowest BCUT2D eigenvalue weighted by molar-refractivity contribution is -0.139. The Bertz CT molecular complexity index is 1490. The van der Waals surface area contributed by atoms with Crippen molar-refractivity contribution in [1.82, 2.24) is 0 Å². The zero-order chi connectivity index (χ0) is 27.5. The molecule has 0 bridgehead atoms. The molecule has 0 aliphatic carbocycles. The van der Waals surface area contributed by atoms with Crippen LogP contribution in [0.5, 0.6) is 5.75 Å². The zero-order valence-corrected chi connectivity index (χ0v) is 23.0. The van der Waals surface area contributed by atoms with E-state index >= 15 is 0 Å². The molecule has 194 valence electrons. The molecule has 2 aliphatic heterocycles. The molecule has 3 aromatic rings. The summed E-state index contributed by atoms with van der Waals surface area (Å²) in [5, 5.41) is -0.570. The van der Waals surface area contributed by atoms with E-state index in [9.17, 15) is 19.2 Å². The summed E-state index contributed by atoms with van der Waals surface area (Å²) >= 11 is 24.5. The van der Waals surface area contributed by atoms with Gasteiger partial charge in [-0.3, -0.25) is 19.2 Å². The molecule has 2 heterocycles. The van der Waals surface area contributed by atoms with Gasteiger partial charge in [0.1, 0.15) is 5.75 Å². The van der Waals surface area contributed by atoms with Crippen molar-refractivity contribution < 1.29 is 23.9 Å². The fourth-order valence-corrected chi connectivity index (χ4v) is 5.68. The Kier molecular flexibility index (Phi) is 6.90. The minimum atomic E-state index is -0.712. The first-order chi connectivity index (χ1) is 18.0. The number of nitrogens with zero attached hydrogens (tertiary/aromatic N) is 2. The average molecular weight is 592 g/mol. The molecule has 11 heteroatoms. The normalized spacial score (nSPS) is 16.9. The summed E-state index contributed by atoms with van der Waals surface area (Å²) < 4.78 is 5.50. The lowest BCUT2D eigenvalue weighted by Crippen LogP contribution is -2.29. The van der Waals surface area contributed by atoms with E-state index in [1.807, 2.05) is 32.0 Å². The Morgan fingerprint density at radius 2 is 1.32 bits per heavy atom. The number of hydrogen-bond donors (Lipinski definition) is 0. The summed E-state index contributed by atoms with van der Waals surface area (Å²) in [6.45, 7) is 4.10. The molecule has 3 aromatic carbocycles. The summed E-state index contributed by atoms with van der Waals surface area (Å²) in [5.74, 6) is -2.59. The van der Waals surface area contributed by atoms with Gasteiger partial charge in [0.25, 0.3) is 11.8 Å². The molecule has 38 heavy (non-hydrogen) atoms. The van der Waals surface area contributed by atoms with Crippen LogP contribution in [0.25, 0.3) is 0 Å². The van der Waals surface area contributed by atoms with Gasteiger partial charge in [0, 0.05) is 18.7 Å². The second-order valence-corrected chi connectivity index (χ2v) is 10.6. The number of imide groups is 1. The van der Waals surface area contributed by atoms with Crippen molar-refractivity contribution in [3.05, 3.63) is 84.8 Å². The van der Waals surface area contributed by atoms with Crippen LogP contribution >= 0.6 is 46.4 Å². The highest BCUT2D eigenvalue weighted by Crippen LogP contribution is 2.45. The first kappa shape index (κ1) is 26.5. The highest BCUT2D eigenvalue weighted by atomic mass is 35.5. The summed E-state index contributed by atoms with van der Waals surface area (Å²) in [6, 6.07) is 11.6. The zero-order valence-electron chi connectivity index (χ0n) is 20.0. The summed E-state index contributed by atoms with van der Waals surface area (Å²) in [7, 11) is 0. The van der Waals surface area contributed by atoms with E-state index in [4.69, 9.17) is 51.1 Å². The van der Waals surface area contributed by atoms with Gasteiger partial charge in [0.2, 0.25) is 5.91 Å². The number of carbonyl (C=O) groups is 4. The maximum absolute atomic E-state index is 13.0. The number of anilines is 2. The molecular weight excluding hydrogens is 574 g/mol. The molecule has 2 aliphatic rings. The number of hydrogen-bond acceptors (Lipinski definition) is 5. The number of amides is 3.